The lowest BCUT2D eigenvalue weighted by Crippen LogP contribution is -2.44. The highest BCUT2D eigenvalue weighted by molar-refractivity contribution is 14.1. The number of hydrogen-bond acceptors (Lipinski definition) is 4. The summed E-state index contributed by atoms with van der Waals surface area (Å²) in [6.45, 7) is 30.2. The minimum atomic E-state index is -1.82. The van der Waals surface area contributed by atoms with Crippen molar-refractivity contribution >= 4 is 39.2 Å². The summed E-state index contributed by atoms with van der Waals surface area (Å²) in [5.74, 6) is -0.459. The standard InChI is InChI=1S/C45H91IO4Si2/c1-14-15-16-17-18-19-20-21-22-23-24-31-36-41-42(48-45(8,9)47-41)37-32-26-25-28-33-39(49-51(10,11)43(2,3)4)34-29-27-30-35-40(38-46)50-52(12,13)44(5,6)7/h25-26,39-42H,14-24,27-38H2,1-13H3/b26-25+/t39-,40-,41-,42-/m1/s1. The number of ether oxygens (including phenoxy) is 2. The highest BCUT2D eigenvalue weighted by Crippen LogP contribution is 2.40. The van der Waals surface area contributed by atoms with Gasteiger partial charge in [0.25, 0.3) is 0 Å². The van der Waals surface area contributed by atoms with Gasteiger partial charge in [-0.1, -0.05) is 180 Å². The van der Waals surface area contributed by atoms with Gasteiger partial charge in [-0.2, -0.15) is 0 Å². The van der Waals surface area contributed by atoms with Crippen molar-refractivity contribution in [2.75, 3.05) is 4.43 Å². The van der Waals surface area contributed by atoms with E-state index in [0.717, 1.165) is 36.5 Å². The lowest BCUT2D eigenvalue weighted by Gasteiger charge is -2.39. The molecule has 7 heteroatoms. The quantitative estimate of drug-likeness (QED) is 0.0237. The van der Waals surface area contributed by atoms with Crippen LogP contribution in [0.1, 0.15) is 204 Å². The minimum Gasteiger partial charge on any atom is -0.414 e. The van der Waals surface area contributed by atoms with Crippen molar-refractivity contribution in [3.8, 4) is 0 Å². The minimum absolute atomic E-state index is 0.209. The van der Waals surface area contributed by atoms with Crippen LogP contribution < -0.4 is 0 Å². The van der Waals surface area contributed by atoms with Crippen LogP contribution in [0.15, 0.2) is 12.2 Å². The van der Waals surface area contributed by atoms with E-state index in [4.69, 9.17) is 18.3 Å². The molecule has 0 aromatic rings. The Morgan fingerprint density at radius 3 is 1.46 bits per heavy atom. The summed E-state index contributed by atoms with van der Waals surface area (Å²) >= 11 is 2.53. The number of unbranched alkanes of at least 4 members (excludes halogenated alkanes) is 13. The topological polar surface area (TPSA) is 36.9 Å². The zero-order chi connectivity index (χ0) is 39.3. The molecule has 0 unspecified atom stereocenters. The van der Waals surface area contributed by atoms with Crippen LogP contribution in [0.5, 0.6) is 0 Å². The van der Waals surface area contributed by atoms with Crippen LogP contribution in [-0.4, -0.2) is 51.3 Å². The Morgan fingerprint density at radius 1 is 0.577 bits per heavy atom. The van der Waals surface area contributed by atoms with Crippen molar-refractivity contribution in [1.82, 2.24) is 0 Å². The van der Waals surface area contributed by atoms with Gasteiger partial charge in [-0.05, 0) is 95.1 Å². The molecule has 1 aliphatic heterocycles. The van der Waals surface area contributed by atoms with Crippen molar-refractivity contribution in [2.45, 2.75) is 270 Å². The lowest BCUT2D eigenvalue weighted by molar-refractivity contribution is -0.147. The van der Waals surface area contributed by atoms with E-state index < -0.39 is 22.4 Å². The maximum atomic E-state index is 7.02. The zero-order valence-electron chi connectivity index (χ0n) is 37.2. The monoisotopic (exact) mass is 879 g/mol. The van der Waals surface area contributed by atoms with Crippen molar-refractivity contribution in [1.29, 1.82) is 0 Å². The molecule has 4 nitrogen and oxygen atoms in total. The van der Waals surface area contributed by atoms with E-state index in [2.05, 4.69) is 123 Å². The Morgan fingerprint density at radius 2 is 0.981 bits per heavy atom. The van der Waals surface area contributed by atoms with Crippen LogP contribution in [0.2, 0.25) is 36.3 Å². The molecule has 0 spiro atoms. The molecule has 1 saturated heterocycles. The Hall–Kier alpha value is 0.744. The van der Waals surface area contributed by atoms with E-state index in [0.29, 0.717) is 12.2 Å². The summed E-state index contributed by atoms with van der Waals surface area (Å²) in [5.41, 5.74) is 0. The van der Waals surface area contributed by atoms with E-state index in [1.807, 2.05) is 0 Å². The second-order valence-corrected chi connectivity index (χ2v) is 30.2. The summed E-state index contributed by atoms with van der Waals surface area (Å²) in [5, 5.41) is 0.500. The second kappa shape index (κ2) is 25.9. The highest BCUT2D eigenvalue weighted by atomic mass is 127. The first-order chi connectivity index (χ1) is 24.2. The predicted octanol–water partition coefficient (Wildman–Crippen LogP) is 15.9. The third-order valence-electron chi connectivity index (χ3n) is 12.3. The van der Waals surface area contributed by atoms with Crippen LogP contribution in [0.3, 0.4) is 0 Å². The Bertz CT molecular complexity index is 923. The highest BCUT2D eigenvalue weighted by Gasteiger charge is 2.41. The summed E-state index contributed by atoms with van der Waals surface area (Å²) in [4.78, 5) is 0. The molecule has 4 atom stereocenters. The Kier molecular flexibility index (Phi) is 25.3. The van der Waals surface area contributed by atoms with Gasteiger partial charge in [0.05, 0.1) is 18.3 Å². The van der Waals surface area contributed by atoms with Crippen molar-refractivity contribution < 1.29 is 18.3 Å². The average molecular weight is 879 g/mol. The fourth-order valence-corrected chi connectivity index (χ4v) is 10.7. The maximum absolute atomic E-state index is 7.02. The van der Waals surface area contributed by atoms with Gasteiger partial charge in [-0.3, -0.25) is 0 Å². The van der Waals surface area contributed by atoms with E-state index in [1.165, 1.54) is 109 Å². The number of halogens is 1. The maximum Gasteiger partial charge on any atom is 0.192 e. The molecule has 0 N–H and O–H groups in total. The van der Waals surface area contributed by atoms with Gasteiger partial charge in [0, 0.05) is 10.5 Å². The molecule has 0 saturated carbocycles. The van der Waals surface area contributed by atoms with Gasteiger partial charge in [-0.15, -0.1) is 0 Å². The third kappa shape index (κ3) is 21.9. The number of alkyl halides is 1. The molecule has 0 aromatic carbocycles. The molecule has 0 bridgehead atoms. The van der Waals surface area contributed by atoms with E-state index in [1.54, 1.807) is 0 Å². The average Bonchev–Trinajstić information content (AvgIpc) is 3.33. The first-order valence-electron chi connectivity index (χ1n) is 22.2. The molecule has 1 fully saturated rings. The van der Waals surface area contributed by atoms with Gasteiger partial charge in [-0.25, -0.2) is 0 Å². The molecule has 0 aromatic heterocycles. The van der Waals surface area contributed by atoms with Crippen molar-refractivity contribution in [3.05, 3.63) is 12.2 Å². The van der Waals surface area contributed by atoms with Gasteiger partial charge < -0.3 is 18.3 Å². The SMILES string of the molecule is CCCCCCCCCCCCCC[C@H]1OC(C)(C)O[C@@H]1CC/C=C/CC[C@H](CCCCC[C@H](CI)O[Si](C)(C)C(C)(C)C)O[Si](C)(C)C(C)(C)C. The smallest absolute Gasteiger partial charge is 0.192 e. The first-order valence-corrected chi connectivity index (χ1v) is 29.5. The zero-order valence-corrected chi connectivity index (χ0v) is 41.4. The van der Waals surface area contributed by atoms with Crippen LogP contribution in [0.25, 0.3) is 0 Å². The number of rotatable bonds is 30. The molecule has 0 radical (unpaired) electrons. The molecule has 310 valence electrons. The lowest BCUT2D eigenvalue weighted by atomic mass is 10.0. The molecule has 1 aliphatic rings. The molecule has 1 heterocycles. The number of allylic oxidation sites excluding steroid dienone is 2. The van der Waals surface area contributed by atoms with Crippen LogP contribution in [0.4, 0.5) is 0 Å². The third-order valence-corrected chi connectivity index (χ3v) is 22.4. The van der Waals surface area contributed by atoms with Crippen LogP contribution >= 0.6 is 22.6 Å². The van der Waals surface area contributed by atoms with Gasteiger partial charge in [0.1, 0.15) is 0 Å². The summed E-state index contributed by atoms with van der Waals surface area (Å²) in [6.07, 6.45) is 34.2. The van der Waals surface area contributed by atoms with Crippen molar-refractivity contribution in [3.63, 3.8) is 0 Å². The van der Waals surface area contributed by atoms with Crippen molar-refractivity contribution in [2.24, 2.45) is 0 Å². The number of hydrogen-bond donors (Lipinski definition) is 0. The largest absolute Gasteiger partial charge is 0.414 e. The summed E-state index contributed by atoms with van der Waals surface area (Å²) < 4.78 is 27.7. The summed E-state index contributed by atoms with van der Waals surface area (Å²) in [7, 11) is -3.54. The fraction of sp³-hybridized carbons (Fsp3) is 0.956. The Labute approximate surface area is 342 Å². The van der Waals surface area contributed by atoms with Gasteiger partial charge >= 0.3 is 0 Å². The van der Waals surface area contributed by atoms with E-state index in [-0.39, 0.29) is 22.3 Å². The molecular formula is C45H91IO4Si2. The fourth-order valence-electron chi connectivity index (χ4n) is 6.90. The van der Waals surface area contributed by atoms with Crippen LogP contribution in [-0.2, 0) is 18.3 Å². The van der Waals surface area contributed by atoms with E-state index in [9.17, 15) is 0 Å². The van der Waals surface area contributed by atoms with E-state index >= 15 is 0 Å². The normalized spacial score (nSPS) is 19.9. The molecular weight excluding hydrogens is 788 g/mol. The second-order valence-electron chi connectivity index (χ2n) is 19.8. The van der Waals surface area contributed by atoms with Gasteiger partial charge in [0.2, 0.25) is 0 Å². The summed E-state index contributed by atoms with van der Waals surface area (Å²) in [6, 6.07) is 0. The predicted molar refractivity (Wildman–Crippen MR) is 243 cm³/mol. The van der Waals surface area contributed by atoms with Crippen LogP contribution in [0, 0.1) is 0 Å². The molecule has 1 rings (SSSR count). The molecule has 0 aliphatic carbocycles. The first kappa shape index (κ1) is 50.8. The van der Waals surface area contributed by atoms with Gasteiger partial charge in [0.15, 0.2) is 22.4 Å². The molecule has 0 amide bonds. The Balaban J connectivity index is 2.47. The molecule has 52 heavy (non-hydrogen) atoms.